The van der Waals surface area contributed by atoms with E-state index in [1.54, 1.807) is 54.6 Å². The molecule has 2 aromatic rings. The molecule has 0 fully saturated rings. The van der Waals surface area contributed by atoms with Crippen LogP contribution in [0.15, 0.2) is 59.6 Å². The van der Waals surface area contributed by atoms with Gasteiger partial charge < -0.3 is 43.8 Å². The molecule has 250 valence electrons. The molecule has 0 saturated carbocycles. The molecule has 2 aromatic carbocycles. The van der Waals surface area contributed by atoms with Crippen LogP contribution in [0.1, 0.15) is 41.9 Å². The highest BCUT2D eigenvalue weighted by molar-refractivity contribution is 5.96. The Labute approximate surface area is 260 Å². The molecule has 13 N–H and O–H groups in total. The molecule has 0 aromatic heterocycles. The Balaban J connectivity index is 0.00000135. The lowest BCUT2D eigenvalue weighted by Gasteiger charge is -2.24. The quantitative estimate of drug-likeness (QED) is 0.0700. The largest absolute Gasteiger partial charge is 0.490 e. The molecule has 2 rings (SSSR count). The SMILES string of the molecule is N=C(N)c1ccc(C[C@@H](C(=O)N[C@@H](CC(=O)O)C(=O)N[C@@H](CCCN=C(N)N)C(N)=O)c2ccccc2)cc1.O=C(O)C(F)(F)F. The minimum absolute atomic E-state index is 0.0908. The molecule has 15 nitrogen and oxygen atoms in total. The first-order valence-corrected chi connectivity index (χ1v) is 13.4. The monoisotopic (exact) mass is 652 g/mol. The van der Waals surface area contributed by atoms with E-state index in [1.807, 2.05) is 0 Å². The number of amidine groups is 1. The summed E-state index contributed by atoms with van der Waals surface area (Å²) in [7, 11) is 0. The standard InChI is InChI=1S/C26H34N8O5.C2HF3O2/c27-22(28)17-10-8-15(9-11-17)13-18(16-5-2-1-3-6-16)24(38)34-20(14-21(35)36)25(39)33-19(23(29)37)7-4-12-32-26(30)31;3-2(4,5)1(6)7/h1-3,5-6,8-11,18-20H,4,7,12-14H2,(H3,27,28)(H2,29,37)(H,33,39)(H,34,38)(H,35,36)(H4,30,31,32);(H,6,7)/t18-,19+,20+;/m1./s1. The van der Waals surface area contributed by atoms with Gasteiger partial charge in [-0.2, -0.15) is 13.2 Å². The maximum Gasteiger partial charge on any atom is 0.490 e. The van der Waals surface area contributed by atoms with Gasteiger partial charge in [0.2, 0.25) is 17.7 Å². The smallest absolute Gasteiger partial charge is 0.481 e. The van der Waals surface area contributed by atoms with Crippen LogP contribution in [-0.4, -0.2) is 76.5 Å². The van der Waals surface area contributed by atoms with Crippen molar-refractivity contribution in [2.45, 2.75) is 49.9 Å². The number of nitrogen functional groups attached to an aromatic ring is 1. The third kappa shape index (κ3) is 14.2. The van der Waals surface area contributed by atoms with Gasteiger partial charge in [0, 0.05) is 12.1 Å². The van der Waals surface area contributed by atoms with Crippen molar-refractivity contribution in [1.82, 2.24) is 10.6 Å². The fourth-order valence-electron chi connectivity index (χ4n) is 3.82. The molecule has 0 aliphatic rings. The van der Waals surface area contributed by atoms with Crippen molar-refractivity contribution < 1.29 is 47.4 Å². The van der Waals surface area contributed by atoms with Gasteiger partial charge in [0.25, 0.3) is 0 Å². The zero-order valence-corrected chi connectivity index (χ0v) is 24.3. The summed E-state index contributed by atoms with van der Waals surface area (Å²) < 4.78 is 31.7. The van der Waals surface area contributed by atoms with Gasteiger partial charge in [-0.25, -0.2) is 4.79 Å². The van der Waals surface area contributed by atoms with E-state index >= 15 is 0 Å². The summed E-state index contributed by atoms with van der Waals surface area (Å²) in [5.74, 6) is -7.35. The number of alkyl halides is 3. The second-order valence-electron chi connectivity index (χ2n) is 9.65. The number of nitrogens with one attached hydrogen (secondary N) is 3. The maximum atomic E-state index is 13.4. The number of carboxylic acid groups (broad SMARTS) is 2. The Hall–Kier alpha value is -5.68. The van der Waals surface area contributed by atoms with Crippen LogP contribution in [0.5, 0.6) is 0 Å². The normalized spacial score (nSPS) is 12.6. The minimum Gasteiger partial charge on any atom is -0.481 e. The first-order valence-electron chi connectivity index (χ1n) is 13.4. The number of amides is 3. The van der Waals surface area contributed by atoms with Crippen molar-refractivity contribution >= 4 is 41.5 Å². The van der Waals surface area contributed by atoms with Gasteiger partial charge >= 0.3 is 18.1 Å². The summed E-state index contributed by atoms with van der Waals surface area (Å²) in [5.41, 5.74) is 23.4. The van der Waals surface area contributed by atoms with Gasteiger partial charge in [0.1, 0.15) is 17.9 Å². The number of nitrogens with two attached hydrogens (primary N) is 4. The second-order valence-corrected chi connectivity index (χ2v) is 9.65. The molecule has 0 saturated heterocycles. The van der Waals surface area contributed by atoms with E-state index in [-0.39, 0.29) is 31.2 Å². The summed E-state index contributed by atoms with van der Waals surface area (Å²) in [4.78, 5) is 62.5. The van der Waals surface area contributed by atoms with Crippen molar-refractivity contribution in [3.63, 3.8) is 0 Å². The number of hydrogen-bond acceptors (Lipinski definition) is 7. The van der Waals surface area contributed by atoms with Crippen LogP contribution in [-0.2, 0) is 30.4 Å². The zero-order chi connectivity index (χ0) is 35.0. The lowest BCUT2D eigenvalue weighted by atomic mass is 9.90. The van der Waals surface area contributed by atoms with Crippen molar-refractivity contribution in [2.75, 3.05) is 6.54 Å². The number of aliphatic imine (C=N–C) groups is 1. The van der Waals surface area contributed by atoms with Crippen LogP contribution in [0.4, 0.5) is 13.2 Å². The Kier molecular flexibility index (Phi) is 15.2. The lowest BCUT2D eigenvalue weighted by molar-refractivity contribution is -0.192. The molecule has 0 heterocycles. The third-order valence-electron chi connectivity index (χ3n) is 6.08. The van der Waals surface area contributed by atoms with Crippen LogP contribution in [0.3, 0.4) is 0 Å². The summed E-state index contributed by atoms with van der Waals surface area (Å²) >= 11 is 0. The number of hydrogen-bond donors (Lipinski definition) is 9. The van der Waals surface area contributed by atoms with Crippen molar-refractivity contribution in [3.8, 4) is 0 Å². The second kappa shape index (κ2) is 18.2. The van der Waals surface area contributed by atoms with Crippen LogP contribution in [0, 0.1) is 5.41 Å². The molecule has 0 radical (unpaired) electrons. The average Bonchev–Trinajstić information content (AvgIpc) is 2.97. The number of guanidine groups is 1. The highest BCUT2D eigenvalue weighted by Crippen LogP contribution is 2.22. The molecular weight excluding hydrogens is 617 g/mol. The molecule has 0 bridgehead atoms. The number of carbonyl (C=O) groups is 5. The van der Waals surface area contributed by atoms with Crippen LogP contribution in [0.25, 0.3) is 0 Å². The first kappa shape index (κ1) is 38.3. The van der Waals surface area contributed by atoms with E-state index in [0.29, 0.717) is 17.5 Å². The van der Waals surface area contributed by atoms with Gasteiger partial charge in [0.05, 0.1) is 12.3 Å². The molecule has 46 heavy (non-hydrogen) atoms. The molecule has 3 amide bonds. The molecular formula is C28H35F3N8O7. The Bertz CT molecular complexity index is 1400. The molecule has 3 atom stereocenters. The van der Waals surface area contributed by atoms with Crippen molar-refractivity contribution in [1.29, 1.82) is 5.41 Å². The van der Waals surface area contributed by atoms with Gasteiger partial charge in [-0.05, 0) is 30.4 Å². The first-order chi connectivity index (χ1) is 21.4. The van der Waals surface area contributed by atoms with Gasteiger partial charge in [-0.1, -0.05) is 54.6 Å². The van der Waals surface area contributed by atoms with E-state index in [4.69, 9.17) is 38.2 Å². The number of carboxylic acids is 2. The minimum atomic E-state index is -5.08. The number of benzene rings is 2. The van der Waals surface area contributed by atoms with E-state index < -0.39 is 60.3 Å². The third-order valence-corrected chi connectivity index (χ3v) is 6.08. The predicted molar refractivity (Wildman–Crippen MR) is 159 cm³/mol. The summed E-state index contributed by atoms with van der Waals surface area (Å²) in [5, 5.41) is 29.0. The fourth-order valence-corrected chi connectivity index (χ4v) is 3.82. The van der Waals surface area contributed by atoms with Gasteiger partial charge in [-0.15, -0.1) is 0 Å². The van der Waals surface area contributed by atoms with E-state index in [0.717, 1.165) is 5.56 Å². The predicted octanol–water partition coefficient (Wildman–Crippen LogP) is -0.0865. The van der Waals surface area contributed by atoms with Crippen LogP contribution in [0.2, 0.25) is 0 Å². The summed E-state index contributed by atoms with van der Waals surface area (Å²) in [6, 6.07) is 13.0. The summed E-state index contributed by atoms with van der Waals surface area (Å²) in [6.45, 7) is 0.198. The van der Waals surface area contributed by atoms with Crippen LogP contribution >= 0.6 is 0 Å². The molecule has 0 aliphatic heterocycles. The fraction of sp³-hybridized carbons (Fsp3) is 0.321. The van der Waals surface area contributed by atoms with E-state index in [1.165, 1.54) is 0 Å². The molecule has 18 heteroatoms. The number of aliphatic carboxylic acids is 2. The van der Waals surface area contributed by atoms with Crippen LogP contribution < -0.4 is 33.6 Å². The summed E-state index contributed by atoms with van der Waals surface area (Å²) in [6.07, 6.45) is -5.15. The average molecular weight is 653 g/mol. The van der Waals surface area contributed by atoms with Crippen molar-refractivity contribution in [2.24, 2.45) is 27.9 Å². The van der Waals surface area contributed by atoms with E-state index in [9.17, 15) is 37.5 Å². The Morgan fingerprint density at radius 3 is 1.85 bits per heavy atom. The number of rotatable bonds is 15. The molecule has 0 aliphatic carbocycles. The zero-order valence-electron chi connectivity index (χ0n) is 24.3. The highest BCUT2D eigenvalue weighted by Gasteiger charge is 2.38. The Morgan fingerprint density at radius 1 is 0.848 bits per heavy atom. The van der Waals surface area contributed by atoms with Gasteiger partial charge in [0.15, 0.2) is 5.96 Å². The highest BCUT2D eigenvalue weighted by atomic mass is 19.4. The number of nitrogens with zero attached hydrogens (tertiary/aromatic N) is 1. The lowest BCUT2D eigenvalue weighted by Crippen LogP contribution is -2.54. The maximum absolute atomic E-state index is 13.4. The molecule has 0 unspecified atom stereocenters. The number of carbonyl (C=O) groups excluding carboxylic acids is 3. The number of primary amides is 1. The van der Waals surface area contributed by atoms with Gasteiger partial charge in [-0.3, -0.25) is 29.6 Å². The Morgan fingerprint density at radius 2 is 1.39 bits per heavy atom. The van der Waals surface area contributed by atoms with Crippen molar-refractivity contribution in [3.05, 3.63) is 71.3 Å². The number of halogens is 3. The topological polar surface area (TPSA) is 290 Å². The molecule has 0 spiro atoms. The van der Waals surface area contributed by atoms with E-state index in [2.05, 4.69) is 15.6 Å².